The lowest BCUT2D eigenvalue weighted by Gasteiger charge is -2.14. The van der Waals surface area contributed by atoms with Gasteiger partial charge in [-0.15, -0.1) is 0 Å². The summed E-state index contributed by atoms with van der Waals surface area (Å²) in [5, 5.41) is 28.8. The van der Waals surface area contributed by atoms with Gasteiger partial charge in [0.25, 0.3) is 0 Å². The lowest BCUT2D eigenvalue weighted by molar-refractivity contribution is -0.142. The molecule has 0 radical (unpaired) electrons. The van der Waals surface area contributed by atoms with Gasteiger partial charge in [0.05, 0.1) is 39.6 Å². The molecule has 18 heteroatoms. The molecule has 0 aromatic heterocycles. The van der Waals surface area contributed by atoms with Crippen LogP contribution in [0.2, 0.25) is 0 Å². The zero-order valence-electron chi connectivity index (χ0n) is 34.3. The fourth-order valence-corrected chi connectivity index (χ4v) is 5.61. The number of aliphatic carboxylic acids is 2. The molecule has 332 valence electrons. The highest BCUT2D eigenvalue weighted by molar-refractivity contribution is 7.78. The van der Waals surface area contributed by atoms with Crippen LogP contribution in [0, 0.1) is 0 Å². The van der Waals surface area contributed by atoms with Crippen molar-refractivity contribution >= 4 is 48.4 Å². The molecular formula is C39H73N5O12S. The molecule has 0 aromatic carbocycles. The molecular weight excluding hydrogens is 763 g/mol. The predicted molar refractivity (Wildman–Crippen MR) is 219 cm³/mol. The number of ether oxygens (including phenoxy) is 4. The average Bonchev–Trinajstić information content (AvgIpc) is 3.17. The first kappa shape index (κ1) is 54.0. The third kappa shape index (κ3) is 39.6. The minimum absolute atomic E-state index is 0.0249. The summed E-state index contributed by atoms with van der Waals surface area (Å²) in [5.41, 5.74) is 0. The van der Waals surface area contributed by atoms with E-state index < -0.39 is 18.0 Å². The van der Waals surface area contributed by atoms with E-state index in [9.17, 15) is 33.9 Å². The molecule has 0 spiro atoms. The Kier molecular flexibility index (Phi) is 37.7. The zero-order valence-corrected chi connectivity index (χ0v) is 35.2. The standard InChI is InChI=1S/C39H73N5O12S/c1-32(44-57)16-14-15-21-40-36(47)30-55-28-27-54-25-23-42-37(48)31-56-29-26-53-24-22-41-34(45)20-19-33(39(51)52)43-35(46)17-12-10-8-6-4-2-3-5-7-9-11-13-18-38(49)50/h32-33,44,57H,2-31H2,1H3,(H,40,47)(H,41,45)(H,42,48)(H,43,46)(H,49,50)(H,51,52). The zero-order chi connectivity index (χ0) is 42.2. The van der Waals surface area contributed by atoms with Gasteiger partial charge >= 0.3 is 11.9 Å². The van der Waals surface area contributed by atoms with Gasteiger partial charge in [-0.25, -0.2) is 4.79 Å². The number of hydrogen-bond donors (Lipinski definition) is 8. The van der Waals surface area contributed by atoms with E-state index in [-0.39, 0.29) is 102 Å². The van der Waals surface area contributed by atoms with Crippen LogP contribution in [0.1, 0.15) is 129 Å². The molecule has 0 aliphatic rings. The van der Waals surface area contributed by atoms with Gasteiger partial charge in [0.2, 0.25) is 23.6 Å². The van der Waals surface area contributed by atoms with Crippen LogP contribution < -0.4 is 26.0 Å². The first-order valence-corrected chi connectivity index (χ1v) is 21.2. The number of unbranched alkanes of at least 4 members (excludes halogenated alkanes) is 12. The van der Waals surface area contributed by atoms with Crippen molar-refractivity contribution in [3.05, 3.63) is 0 Å². The maximum absolute atomic E-state index is 12.3. The van der Waals surface area contributed by atoms with Crippen molar-refractivity contribution in [2.24, 2.45) is 0 Å². The van der Waals surface area contributed by atoms with E-state index in [0.29, 0.717) is 32.2 Å². The van der Waals surface area contributed by atoms with Gasteiger partial charge < -0.3 is 50.4 Å². The van der Waals surface area contributed by atoms with E-state index in [2.05, 4.69) is 38.8 Å². The van der Waals surface area contributed by atoms with E-state index in [1.54, 1.807) is 0 Å². The molecule has 2 atom stereocenters. The van der Waals surface area contributed by atoms with Crippen molar-refractivity contribution in [3.8, 4) is 0 Å². The lowest BCUT2D eigenvalue weighted by Crippen LogP contribution is -2.41. The number of carbonyl (C=O) groups excluding carboxylic acids is 4. The van der Waals surface area contributed by atoms with Gasteiger partial charge in [-0.2, -0.15) is 0 Å². The Morgan fingerprint density at radius 3 is 1.44 bits per heavy atom. The molecule has 57 heavy (non-hydrogen) atoms. The number of hydrogen-bond acceptors (Lipinski definition) is 12. The molecule has 4 amide bonds. The smallest absolute Gasteiger partial charge is 0.326 e. The summed E-state index contributed by atoms with van der Waals surface area (Å²) in [6, 6.07) is -0.806. The molecule has 0 saturated heterocycles. The fourth-order valence-electron chi connectivity index (χ4n) is 5.48. The normalized spacial score (nSPS) is 12.1. The summed E-state index contributed by atoms with van der Waals surface area (Å²) in [6.45, 7) is 4.42. The molecule has 0 aliphatic heterocycles. The summed E-state index contributed by atoms with van der Waals surface area (Å²) in [5.74, 6) is -3.07. The highest BCUT2D eigenvalue weighted by atomic mass is 32.1. The van der Waals surface area contributed by atoms with Gasteiger partial charge in [-0.05, 0) is 39.0 Å². The molecule has 7 N–H and O–H groups in total. The Hall–Kier alpha value is -3.03. The molecule has 0 saturated carbocycles. The average molecular weight is 836 g/mol. The minimum Gasteiger partial charge on any atom is -0.481 e. The van der Waals surface area contributed by atoms with Crippen LogP contribution in [0.5, 0.6) is 0 Å². The predicted octanol–water partition coefficient (Wildman–Crippen LogP) is 3.29. The number of carboxylic acids is 2. The van der Waals surface area contributed by atoms with Gasteiger partial charge in [0, 0.05) is 44.9 Å². The van der Waals surface area contributed by atoms with Gasteiger partial charge in [-0.1, -0.05) is 83.4 Å². The highest BCUT2D eigenvalue weighted by Crippen LogP contribution is 2.13. The van der Waals surface area contributed by atoms with Gasteiger partial charge in [0.15, 0.2) is 0 Å². The van der Waals surface area contributed by atoms with E-state index in [4.69, 9.17) is 24.1 Å². The topological polar surface area (TPSA) is 240 Å². The fraction of sp³-hybridized carbons (Fsp3) is 0.846. The molecule has 0 aromatic rings. The lowest BCUT2D eigenvalue weighted by atomic mass is 10.0. The van der Waals surface area contributed by atoms with E-state index in [1.807, 2.05) is 6.92 Å². The number of carbonyl (C=O) groups is 6. The van der Waals surface area contributed by atoms with Crippen LogP contribution in [-0.2, 0) is 47.7 Å². The second-order valence-electron chi connectivity index (χ2n) is 14.0. The van der Waals surface area contributed by atoms with Crippen LogP contribution in [0.15, 0.2) is 0 Å². The van der Waals surface area contributed by atoms with Crippen molar-refractivity contribution in [3.63, 3.8) is 0 Å². The van der Waals surface area contributed by atoms with Crippen molar-refractivity contribution in [1.82, 2.24) is 26.0 Å². The van der Waals surface area contributed by atoms with Crippen molar-refractivity contribution in [2.75, 3.05) is 72.5 Å². The molecule has 0 aliphatic carbocycles. The van der Waals surface area contributed by atoms with Crippen molar-refractivity contribution in [1.29, 1.82) is 0 Å². The summed E-state index contributed by atoms with van der Waals surface area (Å²) in [7, 11) is 0. The number of rotatable bonds is 42. The van der Waals surface area contributed by atoms with E-state index >= 15 is 0 Å². The quantitative estimate of drug-likeness (QED) is 0.0326. The SMILES string of the molecule is CC(CCCCNC(=O)COCCOCCNC(=O)COCCOCCNC(=O)CCC(NC(=O)CCCCCCCCCCCCCCC(=O)O)C(=O)O)NS. The Morgan fingerprint density at radius 1 is 0.491 bits per heavy atom. The van der Waals surface area contributed by atoms with Crippen LogP contribution in [0.3, 0.4) is 0 Å². The largest absolute Gasteiger partial charge is 0.481 e. The Labute approximate surface area is 345 Å². The van der Waals surface area contributed by atoms with Gasteiger partial charge in [-0.3, -0.25) is 28.7 Å². The van der Waals surface area contributed by atoms with E-state index in [1.165, 1.54) is 19.3 Å². The van der Waals surface area contributed by atoms with Crippen LogP contribution in [-0.4, -0.2) is 130 Å². The highest BCUT2D eigenvalue weighted by Gasteiger charge is 2.20. The summed E-state index contributed by atoms with van der Waals surface area (Å²) >= 11 is 4.02. The summed E-state index contributed by atoms with van der Waals surface area (Å²) in [4.78, 5) is 70.2. The first-order chi connectivity index (χ1) is 27.5. The molecule has 17 nitrogen and oxygen atoms in total. The third-order valence-corrected chi connectivity index (χ3v) is 9.23. The molecule has 0 bridgehead atoms. The second-order valence-corrected chi connectivity index (χ2v) is 14.3. The number of thiol groups is 1. The number of amides is 4. The summed E-state index contributed by atoms with van der Waals surface area (Å²) < 4.78 is 24.2. The first-order valence-electron chi connectivity index (χ1n) is 20.8. The third-order valence-electron chi connectivity index (χ3n) is 8.79. The summed E-state index contributed by atoms with van der Waals surface area (Å²) in [6.07, 6.45) is 15.6. The number of nitrogens with one attached hydrogen (secondary N) is 5. The van der Waals surface area contributed by atoms with Crippen molar-refractivity contribution in [2.45, 2.75) is 141 Å². The van der Waals surface area contributed by atoms with Gasteiger partial charge in [0.1, 0.15) is 19.3 Å². The molecule has 2 unspecified atom stereocenters. The maximum atomic E-state index is 12.3. The second kappa shape index (κ2) is 39.8. The van der Waals surface area contributed by atoms with Crippen LogP contribution >= 0.6 is 12.8 Å². The van der Waals surface area contributed by atoms with E-state index in [0.717, 1.165) is 70.6 Å². The minimum atomic E-state index is -1.18. The number of carboxylic acid groups (broad SMARTS) is 2. The molecule has 0 heterocycles. The maximum Gasteiger partial charge on any atom is 0.326 e. The van der Waals surface area contributed by atoms with Crippen LogP contribution in [0.4, 0.5) is 0 Å². The monoisotopic (exact) mass is 835 g/mol. The molecule has 0 rings (SSSR count). The van der Waals surface area contributed by atoms with Crippen molar-refractivity contribution < 1.29 is 57.9 Å². The Balaban J connectivity index is 3.65. The molecule has 0 fully saturated rings. The Morgan fingerprint density at radius 2 is 0.947 bits per heavy atom. The Bertz CT molecular complexity index is 1070. The van der Waals surface area contributed by atoms with Crippen LogP contribution in [0.25, 0.3) is 0 Å².